The number of carbonyl (C=O) groups is 2. The highest BCUT2D eigenvalue weighted by Gasteiger charge is 2.52. The fourth-order valence-electron chi connectivity index (χ4n) is 6.71. The Hall–Kier alpha value is -4.83. The number of nitrogens with zero attached hydrogens (tertiary/aromatic N) is 2. The number of benzene rings is 4. The average molecular weight is 725 g/mol. The van der Waals surface area contributed by atoms with Crippen LogP contribution in [0.2, 0.25) is 5.04 Å². The Morgan fingerprint density at radius 3 is 1.85 bits per heavy atom. The lowest BCUT2D eigenvalue weighted by Crippen LogP contribution is -2.68. The van der Waals surface area contributed by atoms with Crippen LogP contribution in [0.15, 0.2) is 109 Å². The summed E-state index contributed by atoms with van der Waals surface area (Å²) in [6.45, 7) is 13.5. The molecule has 8 nitrogen and oxygen atoms in total. The van der Waals surface area contributed by atoms with Gasteiger partial charge < -0.3 is 24.7 Å². The van der Waals surface area contributed by atoms with E-state index in [1.165, 1.54) is 10.4 Å². The van der Waals surface area contributed by atoms with Crippen LogP contribution in [0.5, 0.6) is 5.75 Å². The normalized spacial score (nSPS) is 14.0. The van der Waals surface area contributed by atoms with E-state index in [1.54, 1.807) is 4.90 Å². The van der Waals surface area contributed by atoms with Crippen molar-refractivity contribution in [3.63, 3.8) is 0 Å². The van der Waals surface area contributed by atoms with E-state index < -0.39 is 26.0 Å². The van der Waals surface area contributed by atoms with Gasteiger partial charge in [-0.25, -0.2) is 9.59 Å². The van der Waals surface area contributed by atoms with Crippen LogP contribution in [0.1, 0.15) is 65.5 Å². The number of halogens is 1. The van der Waals surface area contributed by atoms with Crippen molar-refractivity contribution in [1.29, 1.82) is 0 Å². The topological polar surface area (TPSA) is 83.1 Å². The number of hydrogen-bond acceptors (Lipinski definition) is 5. The van der Waals surface area contributed by atoms with Crippen molar-refractivity contribution in [2.24, 2.45) is 0 Å². The largest absolute Gasteiger partial charge is 0.534 e. The van der Waals surface area contributed by atoms with Gasteiger partial charge in [0.05, 0.1) is 6.54 Å². The maximum atomic E-state index is 15.3. The lowest BCUT2D eigenvalue weighted by molar-refractivity contribution is 0.0302. The van der Waals surface area contributed by atoms with E-state index in [9.17, 15) is 9.59 Å². The molecule has 1 saturated heterocycles. The van der Waals surface area contributed by atoms with E-state index in [4.69, 9.17) is 9.16 Å². The van der Waals surface area contributed by atoms with Gasteiger partial charge in [-0.15, -0.1) is 0 Å². The van der Waals surface area contributed by atoms with Gasteiger partial charge in [0.15, 0.2) is 0 Å². The first-order valence-electron chi connectivity index (χ1n) is 18.2. The van der Waals surface area contributed by atoms with Gasteiger partial charge in [0.2, 0.25) is 0 Å². The van der Waals surface area contributed by atoms with E-state index in [-0.39, 0.29) is 17.6 Å². The van der Waals surface area contributed by atoms with Gasteiger partial charge in [0.25, 0.3) is 0 Å². The zero-order chi connectivity index (χ0) is 37.4. The van der Waals surface area contributed by atoms with Crippen LogP contribution in [0.3, 0.4) is 0 Å². The number of ether oxygens (including phenoxy) is 1. The number of likely N-dealkylation sites (tertiary alicyclic amines) is 1. The molecular weight excluding hydrogens is 672 g/mol. The summed E-state index contributed by atoms with van der Waals surface area (Å²) in [5.74, 6) is 0.717. The molecule has 0 bridgehead atoms. The summed E-state index contributed by atoms with van der Waals surface area (Å²) in [7, 11) is -2.79. The van der Waals surface area contributed by atoms with Crippen LogP contribution in [0.4, 0.5) is 19.8 Å². The zero-order valence-electron chi connectivity index (χ0n) is 31.3. The third-order valence-corrected chi connectivity index (χ3v) is 14.3. The summed E-state index contributed by atoms with van der Waals surface area (Å²) in [4.78, 5) is 26.5. The van der Waals surface area contributed by atoms with Crippen molar-refractivity contribution in [3.8, 4) is 5.75 Å². The summed E-state index contributed by atoms with van der Waals surface area (Å²) in [6.07, 6.45) is 1.71. The van der Waals surface area contributed by atoms with Gasteiger partial charge in [-0.05, 0) is 90.8 Å². The van der Waals surface area contributed by atoms with E-state index in [0.29, 0.717) is 42.5 Å². The molecule has 0 unspecified atom stereocenters. The Balaban J connectivity index is 1.12. The van der Waals surface area contributed by atoms with Gasteiger partial charge in [0.1, 0.15) is 11.4 Å². The number of amides is 3. The summed E-state index contributed by atoms with van der Waals surface area (Å²) in [5, 5.41) is 8.80. The molecule has 0 saturated carbocycles. The molecule has 52 heavy (non-hydrogen) atoms. The fourth-order valence-corrected chi connectivity index (χ4v) is 11.1. The molecule has 1 aliphatic heterocycles. The highest BCUT2D eigenvalue weighted by molar-refractivity contribution is 7.00. The standard InChI is InChI=1S/C42H53FN4O4Si/c1-41(2,3)50-39(48)44-28-25-32-17-21-34(22-18-32)45-35-26-29-46(30-27-35)40(49)47(43)31-33-19-23-36(24-20-33)51-52(42(4,5)6,37-13-9-7-10-14-37)38-15-11-8-12-16-38/h7-24,35,45H,25-31H2,1-6H3,(H,44,48). The number of nitrogens with one attached hydrogen (secondary N) is 2. The van der Waals surface area contributed by atoms with Crippen LogP contribution < -0.4 is 25.4 Å². The van der Waals surface area contributed by atoms with Crippen LogP contribution in [0, 0.1) is 0 Å². The predicted octanol–water partition coefficient (Wildman–Crippen LogP) is 8.08. The molecule has 5 rings (SSSR count). The summed E-state index contributed by atoms with van der Waals surface area (Å²) < 4.78 is 27.6. The molecule has 0 atom stereocenters. The first-order chi connectivity index (χ1) is 24.7. The number of urea groups is 1. The Morgan fingerprint density at radius 2 is 1.33 bits per heavy atom. The average Bonchev–Trinajstić information content (AvgIpc) is 3.11. The predicted molar refractivity (Wildman–Crippen MR) is 209 cm³/mol. The quantitative estimate of drug-likeness (QED) is 0.121. The molecule has 2 N–H and O–H groups in total. The Morgan fingerprint density at radius 1 is 0.788 bits per heavy atom. The Kier molecular flexibility index (Phi) is 12.3. The van der Waals surface area contributed by atoms with E-state index in [0.717, 1.165) is 24.1 Å². The van der Waals surface area contributed by atoms with Gasteiger partial charge in [-0.3, -0.25) is 0 Å². The van der Waals surface area contributed by atoms with Crippen molar-refractivity contribution in [1.82, 2.24) is 15.3 Å². The van der Waals surface area contributed by atoms with Crippen LogP contribution in [-0.4, -0.2) is 61.7 Å². The van der Waals surface area contributed by atoms with Crippen molar-refractivity contribution in [2.75, 3.05) is 25.0 Å². The van der Waals surface area contributed by atoms with Gasteiger partial charge in [-0.2, -0.15) is 5.12 Å². The molecule has 0 spiro atoms. The molecule has 0 aliphatic carbocycles. The first-order valence-corrected chi connectivity index (χ1v) is 20.1. The second kappa shape index (κ2) is 16.7. The molecule has 1 fully saturated rings. The minimum Gasteiger partial charge on any atom is -0.534 e. The zero-order valence-corrected chi connectivity index (χ0v) is 32.3. The van der Waals surface area contributed by atoms with E-state index in [1.807, 2.05) is 81.4 Å². The SMILES string of the molecule is CC(C)(C)OC(=O)NCCc1ccc(NC2CCN(C(=O)N(F)Cc3ccc(O[Si](c4ccccc4)(c4ccccc4)C(C)(C)C)cc3)CC2)cc1. The maximum Gasteiger partial charge on any atom is 0.407 e. The minimum atomic E-state index is -2.79. The number of alkyl carbamates (subject to hydrolysis) is 1. The minimum absolute atomic E-state index is 0.143. The smallest absolute Gasteiger partial charge is 0.407 e. The van der Waals surface area contributed by atoms with Crippen molar-refractivity contribution in [3.05, 3.63) is 120 Å². The Labute approximate surface area is 309 Å². The van der Waals surface area contributed by atoms with Gasteiger partial charge >= 0.3 is 20.4 Å². The molecule has 276 valence electrons. The number of hydrogen-bond donors (Lipinski definition) is 2. The highest BCUT2D eigenvalue weighted by atomic mass is 28.4. The summed E-state index contributed by atoms with van der Waals surface area (Å²) in [5.41, 5.74) is 2.26. The Bertz CT molecular complexity index is 1700. The third kappa shape index (κ3) is 9.94. The molecular formula is C42H53FN4O4Si. The van der Waals surface area contributed by atoms with E-state index >= 15 is 4.48 Å². The molecule has 4 aromatic carbocycles. The molecule has 0 aromatic heterocycles. The van der Waals surface area contributed by atoms with Gasteiger partial charge in [0, 0.05) is 31.4 Å². The number of carbonyl (C=O) groups excluding carboxylic acids is 2. The molecule has 4 aromatic rings. The fraction of sp³-hybridized carbons (Fsp3) is 0.381. The number of rotatable bonds is 11. The second-order valence-electron chi connectivity index (χ2n) is 15.5. The molecule has 10 heteroatoms. The lowest BCUT2D eigenvalue weighted by atomic mass is 10.0. The summed E-state index contributed by atoms with van der Waals surface area (Å²) >= 11 is 0. The third-order valence-electron chi connectivity index (χ3n) is 9.31. The van der Waals surface area contributed by atoms with E-state index in [2.05, 4.69) is 79.9 Å². The van der Waals surface area contributed by atoms with Crippen molar-refractivity contribution >= 4 is 36.5 Å². The van der Waals surface area contributed by atoms with Crippen LogP contribution >= 0.6 is 0 Å². The molecule has 0 radical (unpaired) electrons. The monoisotopic (exact) mass is 724 g/mol. The maximum absolute atomic E-state index is 15.3. The van der Waals surface area contributed by atoms with Crippen molar-refractivity contribution in [2.45, 2.75) is 84.0 Å². The van der Waals surface area contributed by atoms with Gasteiger partial charge in [-0.1, -0.05) is 110 Å². The van der Waals surface area contributed by atoms with Crippen LogP contribution in [-0.2, 0) is 17.7 Å². The first kappa shape index (κ1) is 38.4. The molecule has 3 amide bonds. The lowest BCUT2D eigenvalue weighted by Gasteiger charge is -2.43. The summed E-state index contributed by atoms with van der Waals surface area (Å²) in [6, 6.07) is 36.0. The van der Waals surface area contributed by atoms with Crippen LogP contribution in [0.25, 0.3) is 0 Å². The molecule has 1 heterocycles. The highest BCUT2D eigenvalue weighted by Crippen LogP contribution is 2.37. The van der Waals surface area contributed by atoms with Crippen molar-refractivity contribution < 1.29 is 23.2 Å². The molecule has 1 aliphatic rings. The number of piperidine rings is 1. The second-order valence-corrected chi connectivity index (χ2v) is 19.7. The number of anilines is 1.